The van der Waals surface area contributed by atoms with Crippen LogP contribution in [0.25, 0.3) is 0 Å². The Morgan fingerprint density at radius 3 is 2.19 bits per heavy atom. The fourth-order valence-corrected chi connectivity index (χ4v) is 3.10. The molecule has 0 aromatic rings. The molecule has 1 aliphatic carbocycles. The number of nitrogens with zero attached hydrogens (tertiary/aromatic N) is 1. The molecule has 92 valence electrons. The van der Waals surface area contributed by atoms with Crippen LogP contribution in [0.3, 0.4) is 0 Å². The third-order valence-electron chi connectivity index (χ3n) is 4.46. The molecule has 16 heavy (non-hydrogen) atoms. The number of aliphatic carboxylic acids is 1. The molecule has 0 aromatic carbocycles. The van der Waals surface area contributed by atoms with Gasteiger partial charge >= 0.3 is 5.97 Å². The SMILES string of the molecule is CC(C)C1CCC(N2CC(C(=O)O)C2)CC1. The summed E-state index contributed by atoms with van der Waals surface area (Å²) in [5, 5.41) is 8.84. The smallest absolute Gasteiger partial charge is 0.309 e. The van der Waals surface area contributed by atoms with E-state index >= 15 is 0 Å². The van der Waals surface area contributed by atoms with Crippen molar-refractivity contribution in [2.45, 2.75) is 45.6 Å². The molecule has 1 aliphatic heterocycles. The van der Waals surface area contributed by atoms with Gasteiger partial charge in [0, 0.05) is 19.1 Å². The van der Waals surface area contributed by atoms with E-state index in [2.05, 4.69) is 18.7 Å². The van der Waals surface area contributed by atoms with Crippen LogP contribution in [0.15, 0.2) is 0 Å². The first kappa shape index (κ1) is 11.9. The molecular formula is C13H23NO2. The second-order valence-electron chi connectivity index (χ2n) is 5.80. The van der Waals surface area contributed by atoms with Crippen molar-refractivity contribution < 1.29 is 9.90 Å². The summed E-state index contributed by atoms with van der Waals surface area (Å²) in [5.41, 5.74) is 0. The zero-order chi connectivity index (χ0) is 11.7. The monoisotopic (exact) mass is 225 g/mol. The highest BCUT2D eigenvalue weighted by atomic mass is 16.4. The van der Waals surface area contributed by atoms with Gasteiger partial charge in [-0.15, -0.1) is 0 Å². The molecule has 2 aliphatic rings. The molecule has 1 heterocycles. The van der Waals surface area contributed by atoms with Gasteiger partial charge in [0.15, 0.2) is 0 Å². The molecule has 0 unspecified atom stereocenters. The van der Waals surface area contributed by atoms with Crippen LogP contribution in [0.1, 0.15) is 39.5 Å². The summed E-state index contributed by atoms with van der Waals surface area (Å²) in [4.78, 5) is 13.1. The van der Waals surface area contributed by atoms with Crippen LogP contribution in [0.4, 0.5) is 0 Å². The number of hydrogen-bond acceptors (Lipinski definition) is 2. The normalized spacial score (nSPS) is 32.7. The third kappa shape index (κ3) is 2.40. The zero-order valence-corrected chi connectivity index (χ0v) is 10.4. The van der Waals surface area contributed by atoms with Gasteiger partial charge in [-0.1, -0.05) is 13.8 Å². The average Bonchev–Trinajstić information content (AvgIpc) is 2.15. The summed E-state index contributed by atoms with van der Waals surface area (Å²) in [5.74, 6) is 0.992. The maximum atomic E-state index is 10.7. The number of carboxylic acids is 1. The van der Waals surface area contributed by atoms with E-state index in [0.717, 1.165) is 24.9 Å². The Morgan fingerprint density at radius 1 is 1.19 bits per heavy atom. The van der Waals surface area contributed by atoms with Crippen LogP contribution in [0.5, 0.6) is 0 Å². The van der Waals surface area contributed by atoms with Gasteiger partial charge in [0.2, 0.25) is 0 Å². The first-order valence-electron chi connectivity index (χ1n) is 6.54. The Balaban J connectivity index is 1.73. The van der Waals surface area contributed by atoms with Gasteiger partial charge in [0.05, 0.1) is 5.92 Å². The molecule has 3 heteroatoms. The number of carboxylic acid groups (broad SMARTS) is 1. The van der Waals surface area contributed by atoms with Crippen molar-refractivity contribution in [2.24, 2.45) is 17.8 Å². The van der Waals surface area contributed by atoms with Crippen LogP contribution in [0.2, 0.25) is 0 Å². The number of likely N-dealkylation sites (tertiary alicyclic amines) is 1. The number of carbonyl (C=O) groups is 1. The summed E-state index contributed by atoms with van der Waals surface area (Å²) in [6.45, 7) is 6.20. The maximum absolute atomic E-state index is 10.7. The molecule has 0 spiro atoms. The van der Waals surface area contributed by atoms with E-state index in [9.17, 15) is 4.79 Å². The Morgan fingerprint density at radius 2 is 1.75 bits per heavy atom. The van der Waals surface area contributed by atoms with Crippen LogP contribution >= 0.6 is 0 Å². The average molecular weight is 225 g/mol. The fourth-order valence-electron chi connectivity index (χ4n) is 3.10. The molecule has 0 amide bonds. The van der Waals surface area contributed by atoms with Gasteiger partial charge in [0.1, 0.15) is 0 Å². The van der Waals surface area contributed by atoms with Crippen LogP contribution < -0.4 is 0 Å². The van der Waals surface area contributed by atoms with Gasteiger partial charge in [-0.25, -0.2) is 0 Å². The van der Waals surface area contributed by atoms with E-state index in [1.807, 2.05) is 0 Å². The molecule has 0 aromatic heterocycles. The first-order valence-corrected chi connectivity index (χ1v) is 6.54. The van der Waals surface area contributed by atoms with Gasteiger partial charge in [-0.3, -0.25) is 9.69 Å². The Labute approximate surface area is 97.8 Å². The molecule has 0 radical (unpaired) electrons. The van der Waals surface area contributed by atoms with E-state index in [-0.39, 0.29) is 5.92 Å². The van der Waals surface area contributed by atoms with Crippen LogP contribution in [-0.4, -0.2) is 35.1 Å². The van der Waals surface area contributed by atoms with Crippen molar-refractivity contribution >= 4 is 5.97 Å². The Bertz CT molecular complexity index is 251. The summed E-state index contributed by atoms with van der Waals surface area (Å²) in [6, 6.07) is 0.672. The quantitative estimate of drug-likeness (QED) is 0.800. The van der Waals surface area contributed by atoms with Crippen molar-refractivity contribution in [1.29, 1.82) is 0 Å². The minimum absolute atomic E-state index is 0.0946. The minimum atomic E-state index is -0.618. The highest BCUT2D eigenvalue weighted by molar-refractivity contribution is 5.71. The summed E-state index contributed by atoms with van der Waals surface area (Å²) < 4.78 is 0. The minimum Gasteiger partial charge on any atom is -0.481 e. The first-order chi connectivity index (χ1) is 7.58. The van der Waals surface area contributed by atoms with Crippen molar-refractivity contribution in [3.8, 4) is 0 Å². The summed E-state index contributed by atoms with van der Waals surface area (Å²) in [6.07, 6.45) is 5.21. The molecule has 0 atom stereocenters. The van der Waals surface area contributed by atoms with E-state index in [1.165, 1.54) is 25.7 Å². The Hall–Kier alpha value is -0.570. The van der Waals surface area contributed by atoms with Crippen LogP contribution in [0, 0.1) is 17.8 Å². The number of hydrogen-bond donors (Lipinski definition) is 1. The molecule has 2 fully saturated rings. The van der Waals surface area contributed by atoms with Crippen molar-refractivity contribution in [3.63, 3.8) is 0 Å². The second-order valence-corrected chi connectivity index (χ2v) is 5.80. The lowest BCUT2D eigenvalue weighted by Crippen LogP contribution is -2.55. The fraction of sp³-hybridized carbons (Fsp3) is 0.923. The molecule has 1 saturated heterocycles. The standard InChI is InChI=1S/C13H23NO2/c1-9(2)10-3-5-12(6-4-10)14-7-11(8-14)13(15)16/h9-12H,3-8H2,1-2H3,(H,15,16). The van der Waals surface area contributed by atoms with Crippen LogP contribution in [-0.2, 0) is 4.79 Å². The highest BCUT2D eigenvalue weighted by Gasteiger charge is 2.38. The van der Waals surface area contributed by atoms with E-state index < -0.39 is 5.97 Å². The van der Waals surface area contributed by atoms with Crippen molar-refractivity contribution in [3.05, 3.63) is 0 Å². The third-order valence-corrected chi connectivity index (χ3v) is 4.46. The number of rotatable bonds is 3. The molecule has 0 bridgehead atoms. The van der Waals surface area contributed by atoms with Crippen molar-refractivity contribution in [1.82, 2.24) is 4.90 Å². The molecule has 2 rings (SSSR count). The largest absolute Gasteiger partial charge is 0.481 e. The van der Waals surface area contributed by atoms with Gasteiger partial charge in [0.25, 0.3) is 0 Å². The molecule has 3 nitrogen and oxygen atoms in total. The Kier molecular flexibility index (Phi) is 3.53. The lowest BCUT2D eigenvalue weighted by molar-refractivity contribution is -0.149. The highest BCUT2D eigenvalue weighted by Crippen LogP contribution is 2.34. The predicted octanol–water partition coefficient (Wildman–Crippen LogP) is 2.22. The second kappa shape index (κ2) is 4.74. The summed E-state index contributed by atoms with van der Waals surface area (Å²) in [7, 11) is 0. The van der Waals surface area contributed by atoms with Gasteiger partial charge in [-0.05, 0) is 37.5 Å². The predicted molar refractivity (Wildman–Crippen MR) is 63.3 cm³/mol. The lowest BCUT2D eigenvalue weighted by atomic mass is 9.78. The van der Waals surface area contributed by atoms with Gasteiger partial charge < -0.3 is 5.11 Å². The lowest BCUT2D eigenvalue weighted by Gasteiger charge is -2.45. The maximum Gasteiger partial charge on any atom is 0.309 e. The van der Waals surface area contributed by atoms with E-state index in [1.54, 1.807) is 0 Å². The zero-order valence-electron chi connectivity index (χ0n) is 10.4. The van der Waals surface area contributed by atoms with E-state index in [4.69, 9.17) is 5.11 Å². The van der Waals surface area contributed by atoms with Gasteiger partial charge in [-0.2, -0.15) is 0 Å². The van der Waals surface area contributed by atoms with E-state index in [0.29, 0.717) is 6.04 Å². The molecule has 1 saturated carbocycles. The summed E-state index contributed by atoms with van der Waals surface area (Å²) >= 11 is 0. The topological polar surface area (TPSA) is 40.5 Å². The molecule has 1 N–H and O–H groups in total. The molecular weight excluding hydrogens is 202 g/mol. The van der Waals surface area contributed by atoms with Crippen molar-refractivity contribution in [2.75, 3.05) is 13.1 Å².